The Balaban J connectivity index is 1.55. The largest absolute Gasteiger partial charge is 0.335 e. The van der Waals surface area contributed by atoms with Crippen LogP contribution in [0.5, 0.6) is 0 Å². The summed E-state index contributed by atoms with van der Waals surface area (Å²) < 4.78 is 1.33. The zero-order valence-corrected chi connectivity index (χ0v) is 16.7. The van der Waals surface area contributed by atoms with Crippen LogP contribution in [0.1, 0.15) is 25.8 Å². The number of hydrazone groups is 1. The van der Waals surface area contributed by atoms with Crippen molar-refractivity contribution in [2.24, 2.45) is 10.1 Å². The summed E-state index contributed by atoms with van der Waals surface area (Å²) in [5.74, 6) is -0.354. The molecule has 0 spiro atoms. The monoisotopic (exact) mass is 397 g/mol. The number of nitrogens with zero attached hydrogens (tertiary/aromatic N) is 3. The molecule has 2 heterocycles. The lowest BCUT2D eigenvalue weighted by Crippen LogP contribution is -2.29. The van der Waals surface area contributed by atoms with Crippen molar-refractivity contribution in [3.63, 3.8) is 0 Å². The average Bonchev–Trinajstić information content (AvgIpc) is 3.16. The van der Waals surface area contributed by atoms with Crippen molar-refractivity contribution in [1.29, 1.82) is 0 Å². The lowest BCUT2D eigenvalue weighted by Gasteiger charge is -2.08. The van der Waals surface area contributed by atoms with Gasteiger partial charge in [-0.3, -0.25) is 14.6 Å². The third kappa shape index (κ3) is 5.32. The highest BCUT2D eigenvalue weighted by Gasteiger charge is 2.17. The van der Waals surface area contributed by atoms with Gasteiger partial charge in [-0.05, 0) is 37.1 Å². The number of rotatable bonds is 6. The molecular formula is C20H23N5O2S. The summed E-state index contributed by atoms with van der Waals surface area (Å²) in [5, 5.41) is 8.97. The van der Waals surface area contributed by atoms with Gasteiger partial charge in [0, 0.05) is 23.2 Å². The SMILES string of the molecule is CC[C@@H]1CN=C(Nc2ccc(/C(C)=N\NC(=O)Cn3ccccc3=O)cc2)S1. The van der Waals surface area contributed by atoms with E-state index < -0.39 is 0 Å². The molecule has 2 N–H and O–H groups in total. The number of hydrogen-bond acceptors (Lipinski definition) is 6. The molecule has 0 saturated heterocycles. The van der Waals surface area contributed by atoms with Crippen LogP contribution in [0.2, 0.25) is 0 Å². The molecule has 0 fully saturated rings. The second-order valence-electron chi connectivity index (χ2n) is 6.40. The summed E-state index contributed by atoms with van der Waals surface area (Å²) in [6.45, 7) is 4.78. The van der Waals surface area contributed by atoms with E-state index in [0.717, 1.165) is 29.4 Å². The predicted octanol–water partition coefficient (Wildman–Crippen LogP) is 2.68. The zero-order chi connectivity index (χ0) is 19.9. The Morgan fingerprint density at radius 2 is 2.07 bits per heavy atom. The number of amides is 1. The minimum atomic E-state index is -0.354. The molecule has 0 aliphatic carbocycles. The number of aliphatic imine (C=N–C) groups is 1. The Labute approximate surface area is 168 Å². The van der Waals surface area contributed by atoms with Crippen molar-refractivity contribution < 1.29 is 4.79 Å². The summed E-state index contributed by atoms with van der Waals surface area (Å²) in [5.41, 5.74) is 4.81. The van der Waals surface area contributed by atoms with Gasteiger partial charge in [0.15, 0.2) is 5.17 Å². The number of benzene rings is 1. The fraction of sp³-hybridized carbons (Fsp3) is 0.300. The van der Waals surface area contributed by atoms with E-state index in [2.05, 4.69) is 27.8 Å². The molecule has 3 rings (SSSR count). The van der Waals surface area contributed by atoms with Gasteiger partial charge in [0.1, 0.15) is 6.54 Å². The van der Waals surface area contributed by atoms with Gasteiger partial charge in [-0.2, -0.15) is 5.10 Å². The van der Waals surface area contributed by atoms with Crippen molar-refractivity contribution in [3.05, 3.63) is 64.6 Å². The first-order valence-electron chi connectivity index (χ1n) is 9.12. The molecule has 1 aromatic carbocycles. The molecular weight excluding hydrogens is 374 g/mol. The van der Waals surface area contributed by atoms with Crippen molar-refractivity contribution in [2.75, 3.05) is 11.9 Å². The van der Waals surface area contributed by atoms with Crippen LogP contribution in [-0.4, -0.2) is 33.1 Å². The van der Waals surface area contributed by atoms with Gasteiger partial charge in [-0.25, -0.2) is 5.43 Å². The summed E-state index contributed by atoms with van der Waals surface area (Å²) in [4.78, 5) is 28.1. The van der Waals surface area contributed by atoms with E-state index in [4.69, 9.17) is 0 Å². The third-order valence-corrected chi connectivity index (χ3v) is 5.56. The fourth-order valence-corrected chi connectivity index (χ4v) is 3.57. The molecule has 146 valence electrons. The van der Waals surface area contributed by atoms with Crippen molar-refractivity contribution >= 4 is 34.2 Å². The second kappa shape index (κ2) is 9.36. The lowest BCUT2D eigenvalue weighted by atomic mass is 10.1. The molecule has 0 unspecified atom stereocenters. The highest BCUT2D eigenvalue weighted by atomic mass is 32.2. The highest BCUT2D eigenvalue weighted by Crippen LogP contribution is 2.24. The van der Waals surface area contributed by atoms with Gasteiger partial charge in [0.2, 0.25) is 0 Å². The number of pyridine rings is 1. The van der Waals surface area contributed by atoms with Crippen LogP contribution in [0.15, 0.2) is 63.5 Å². The lowest BCUT2D eigenvalue weighted by molar-refractivity contribution is -0.121. The van der Waals surface area contributed by atoms with Crippen LogP contribution in [0.4, 0.5) is 5.69 Å². The first-order valence-corrected chi connectivity index (χ1v) is 10.0. The van der Waals surface area contributed by atoms with E-state index in [-0.39, 0.29) is 18.0 Å². The second-order valence-corrected chi connectivity index (χ2v) is 7.68. The Hall–Kier alpha value is -2.87. The highest BCUT2D eigenvalue weighted by molar-refractivity contribution is 8.15. The topological polar surface area (TPSA) is 87.8 Å². The summed E-state index contributed by atoms with van der Waals surface area (Å²) in [6.07, 6.45) is 2.68. The number of carbonyl (C=O) groups excluding carboxylic acids is 1. The van der Waals surface area contributed by atoms with Crippen LogP contribution in [0.3, 0.4) is 0 Å². The molecule has 7 nitrogen and oxygen atoms in total. The van der Waals surface area contributed by atoms with E-state index in [1.807, 2.05) is 31.2 Å². The fourth-order valence-electron chi connectivity index (χ4n) is 2.61. The van der Waals surface area contributed by atoms with Crippen molar-refractivity contribution in [3.8, 4) is 0 Å². The zero-order valence-electron chi connectivity index (χ0n) is 15.9. The first kappa shape index (κ1) is 19.9. The summed E-state index contributed by atoms with van der Waals surface area (Å²) in [6, 6.07) is 12.5. The number of aromatic nitrogens is 1. The van der Waals surface area contributed by atoms with Gasteiger partial charge < -0.3 is 9.88 Å². The molecule has 1 aliphatic rings. The van der Waals surface area contributed by atoms with Crippen molar-refractivity contribution in [2.45, 2.75) is 32.1 Å². The molecule has 0 radical (unpaired) electrons. The minimum absolute atomic E-state index is 0.0716. The molecule has 1 aliphatic heterocycles. The molecule has 1 atom stereocenters. The maximum absolute atomic E-state index is 12.0. The van der Waals surface area contributed by atoms with E-state index in [0.29, 0.717) is 11.0 Å². The molecule has 1 amide bonds. The van der Waals surface area contributed by atoms with Crippen LogP contribution >= 0.6 is 11.8 Å². The Morgan fingerprint density at radius 3 is 2.75 bits per heavy atom. The molecule has 2 aromatic rings. The number of hydrogen-bond donors (Lipinski definition) is 2. The third-order valence-electron chi connectivity index (χ3n) is 4.29. The van der Waals surface area contributed by atoms with Gasteiger partial charge in [0.25, 0.3) is 11.5 Å². The molecule has 0 saturated carbocycles. The van der Waals surface area contributed by atoms with E-state index in [9.17, 15) is 9.59 Å². The van der Waals surface area contributed by atoms with Gasteiger partial charge in [-0.15, -0.1) is 0 Å². The molecule has 0 bridgehead atoms. The quantitative estimate of drug-likeness (QED) is 0.579. The number of carbonyl (C=O) groups is 1. The van der Waals surface area contributed by atoms with Gasteiger partial charge >= 0.3 is 0 Å². The van der Waals surface area contributed by atoms with Crippen LogP contribution in [0.25, 0.3) is 0 Å². The average molecular weight is 398 g/mol. The summed E-state index contributed by atoms with van der Waals surface area (Å²) in [7, 11) is 0. The van der Waals surface area contributed by atoms with Crippen LogP contribution in [0, 0.1) is 0 Å². The normalized spacial score (nSPS) is 16.6. The molecule has 8 heteroatoms. The molecule has 28 heavy (non-hydrogen) atoms. The van der Waals surface area contributed by atoms with E-state index in [1.54, 1.807) is 30.1 Å². The number of anilines is 1. The Morgan fingerprint density at radius 1 is 1.29 bits per heavy atom. The minimum Gasteiger partial charge on any atom is -0.335 e. The number of amidine groups is 1. The number of thioether (sulfide) groups is 1. The number of nitrogens with one attached hydrogen (secondary N) is 2. The van der Waals surface area contributed by atoms with Gasteiger partial charge in [-0.1, -0.05) is 36.9 Å². The molecule has 1 aromatic heterocycles. The van der Waals surface area contributed by atoms with E-state index >= 15 is 0 Å². The maximum atomic E-state index is 12.0. The van der Waals surface area contributed by atoms with Gasteiger partial charge in [0.05, 0.1) is 12.3 Å². The maximum Gasteiger partial charge on any atom is 0.260 e. The predicted molar refractivity (Wildman–Crippen MR) is 115 cm³/mol. The van der Waals surface area contributed by atoms with Crippen molar-refractivity contribution in [1.82, 2.24) is 9.99 Å². The standard InChI is InChI=1S/C20H23N5O2S/c1-3-17-12-21-20(28-17)22-16-9-7-15(8-10-16)14(2)23-24-18(26)13-25-11-5-4-6-19(25)27/h4-11,17H,3,12-13H2,1-2H3,(H,21,22)(H,24,26)/b23-14-/t17-/m1/s1. The smallest absolute Gasteiger partial charge is 0.260 e. The van der Waals surface area contributed by atoms with Crippen LogP contribution in [-0.2, 0) is 11.3 Å². The first-order chi connectivity index (χ1) is 13.5. The Kier molecular flexibility index (Phi) is 6.65. The summed E-state index contributed by atoms with van der Waals surface area (Å²) >= 11 is 1.77. The Bertz CT molecular complexity index is 950. The van der Waals surface area contributed by atoms with Crippen LogP contribution < -0.4 is 16.3 Å². The van der Waals surface area contributed by atoms with E-state index in [1.165, 1.54) is 10.6 Å².